The van der Waals surface area contributed by atoms with Gasteiger partial charge in [0.2, 0.25) is 0 Å². The molecule has 1 aromatic heterocycles. The molecule has 2 aromatic carbocycles. The highest BCUT2D eigenvalue weighted by Gasteiger charge is 2.12. The third-order valence-electron chi connectivity index (χ3n) is 3.76. The summed E-state index contributed by atoms with van der Waals surface area (Å²) in [5.41, 5.74) is 3.42. The van der Waals surface area contributed by atoms with Crippen molar-refractivity contribution in [2.24, 2.45) is 0 Å². The fraction of sp³-hybridized carbons (Fsp3) is 0.250. The minimum absolute atomic E-state index is 0.165. The molecule has 0 bridgehead atoms. The van der Waals surface area contributed by atoms with E-state index in [4.69, 9.17) is 4.74 Å². The molecule has 0 aliphatic carbocycles. The number of fused-ring (bicyclic) bond motifs is 1. The maximum atomic E-state index is 5.85. The zero-order chi connectivity index (χ0) is 15.6. The molecule has 0 fully saturated rings. The summed E-state index contributed by atoms with van der Waals surface area (Å²) in [4.78, 5) is 4.62. The highest BCUT2D eigenvalue weighted by molar-refractivity contribution is 5.78. The molecule has 0 aliphatic rings. The number of nitrogens with zero attached hydrogens (tertiary/aromatic N) is 1. The van der Waals surface area contributed by atoms with Crippen LogP contribution in [-0.4, -0.2) is 4.98 Å². The van der Waals surface area contributed by atoms with Crippen molar-refractivity contribution in [2.45, 2.75) is 32.8 Å². The molecule has 0 amide bonds. The van der Waals surface area contributed by atoms with Crippen LogP contribution < -0.4 is 4.74 Å². The Labute approximate surface area is 131 Å². The Morgan fingerprint density at radius 1 is 0.864 bits per heavy atom. The van der Waals surface area contributed by atoms with E-state index in [0.29, 0.717) is 6.61 Å². The number of para-hydroxylation sites is 1. The van der Waals surface area contributed by atoms with Crippen LogP contribution in [0.4, 0.5) is 0 Å². The van der Waals surface area contributed by atoms with Crippen molar-refractivity contribution in [3.63, 3.8) is 0 Å². The van der Waals surface area contributed by atoms with Gasteiger partial charge in [-0.05, 0) is 35.2 Å². The van der Waals surface area contributed by atoms with Crippen molar-refractivity contribution < 1.29 is 4.74 Å². The first kappa shape index (κ1) is 14.6. The van der Waals surface area contributed by atoms with E-state index in [0.717, 1.165) is 22.3 Å². The summed E-state index contributed by atoms with van der Waals surface area (Å²) in [6, 6.07) is 20.5. The zero-order valence-electron chi connectivity index (χ0n) is 13.3. The molecule has 112 valence electrons. The summed E-state index contributed by atoms with van der Waals surface area (Å²) in [5, 5.41) is 1.15. The molecular formula is C20H21NO. The number of ether oxygens (including phenoxy) is 1. The summed E-state index contributed by atoms with van der Waals surface area (Å²) >= 11 is 0. The lowest BCUT2D eigenvalue weighted by atomic mass is 9.87. The number of hydrogen-bond donors (Lipinski definition) is 0. The fourth-order valence-electron chi connectivity index (χ4n) is 2.40. The molecule has 3 aromatic rings. The lowest BCUT2D eigenvalue weighted by Gasteiger charge is -2.19. The van der Waals surface area contributed by atoms with Crippen LogP contribution in [0, 0.1) is 0 Å². The SMILES string of the molecule is CC(C)(C)c1ccc(OCc2ccc3ccccc3n2)cc1. The van der Waals surface area contributed by atoms with Crippen LogP contribution in [0.3, 0.4) is 0 Å². The largest absolute Gasteiger partial charge is 0.487 e. The van der Waals surface area contributed by atoms with E-state index in [1.165, 1.54) is 5.56 Å². The standard InChI is InChI=1S/C20H21NO/c1-20(2,3)16-9-12-18(13-10-16)22-14-17-11-8-15-6-4-5-7-19(15)21-17/h4-13H,14H2,1-3H3. The van der Waals surface area contributed by atoms with Crippen LogP contribution in [0.1, 0.15) is 32.0 Å². The first-order valence-electron chi connectivity index (χ1n) is 7.60. The van der Waals surface area contributed by atoms with Gasteiger partial charge in [0.1, 0.15) is 12.4 Å². The highest BCUT2D eigenvalue weighted by Crippen LogP contribution is 2.24. The maximum absolute atomic E-state index is 5.85. The summed E-state index contributed by atoms with van der Waals surface area (Å²) in [7, 11) is 0. The van der Waals surface area contributed by atoms with Crippen LogP contribution in [0.25, 0.3) is 10.9 Å². The normalized spacial score (nSPS) is 11.6. The molecule has 2 heteroatoms. The van der Waals surface area contributed by atoms with Gasteiger partial charge < -0.3 is 4.74 Å². The Morgan fingerprint density at radius 3 is 2.32 bits per heavy atom. The van der Waals surface area contributed by atoms with Crippen LogP contribution in [-0.2, 0) is 12.0 Å². The summed E-state index contributed by atoms with van der Waals surface area (Å²) in [6.07, 6.45) is 0. The first-order chi connectivity index (χ1) is 10.5. The molecular weight excluding hydrogens is 270 g/mol. The zero-order valence-corrected chi connectivity index (χ0v) is 13.3. The van der Waals surface area contributed by atoms with Crippen molar-refractivity contribution in [1.82, 2.24) is 4.98 Å². The molecule has 0 aliphatic heterocycles. The predicted molar refractivity (Wildman–Crippen MR) is 91.2 cm³/mol. The van der Waals surface area contributed by atoms with E-state index < -0.39 is 0 Å². The van der Waals surface area contributed by atoms with Gasteiger partial charge in [0.25, 0.3) is 0 Å². The van der Waals surface area contributed by atoms with Gasteiger partial charge in [-0.25, -0.2) is 4.98 Å². The van der Waals surface area contributed by atoms with Crippen LogP contribution in [0.2, 0.25) is 0 Å². The van der Waals surface area contributed by atoms with Gasteiger partial charge in [-0.2, -0.15) is 0 Å². The molecule has 0 atom stereocenters. The van der Waals surface area contributed by atoms with Gasteiger partial charge in [0.15, 0.2) is 0 Å². The van der Waals surface area contributed by atoms with Crippen LogP contribution in [0.5, 0.6) is 5.75 Å². The molecule has 0 N–H and O–H groups in total. The van der Waals surface area contributed by atoms with E-state index >= 15 is 0 Å². The molecule has 22 heavy (non-hydrogen) atoms. The van der Waals surface area contributed by atoms with E-state index in [1.807, 2.05) is 36.4 Å². The Morgan fingerprint density at radius 2 is 1.59 bits per heavy atom. The van der Waals surface area contributed by atoms with Gasteiger partial charge in [-0.3, -0.25) is 0 Å². The van der Waals surface area contributed by atoms with Gasteiger partial charge in [-0.1, -0.05) is 57.2 Å². The second kappa shape index (κ2) is 5.80. The second-order valence-electron chi connectivity index (χ2n) is 6.56. The van der Waals surface area contributed by atoms with Crippen molar-refractivity contribution in [1.29, 1.82) is 0 Å². The van der Waals surface area contributed by atoms with Crippen molar-refractivity contribution >= 4 is 10.9 Å². The van der Waals surface area contributed by atoms with Crippen LogP contribution >= 0.6 is 0 Å². The molecule has 0 saturated heterocycles. The minimum atomic E-state index is 0.165. The number of rotatable bonds is 3. The predicted octanol–water partition coefficient (Wildman–Crippen LogP) is 5.11. The molecule has 1 heterocycles. The Kier molecular flexibility index (Phi) is 3.84. The number of hydrogen-bond acceptors (Lipinski definition) is 2. The summed E-state index contributed by atoms with van der Waals surface area (Å²) in [5.74, 6) is 0.878. The third-order valence-corrected chi connectivity index (χ3v) is 3.76. The van der Waals surface area contributed by atoms with E-state index in [9.17, 15) is 0 Å². The fourth-order valence-corrected chi connectivity index (χ4v) is 2.40. The van der Waals surface area contributed by atoms with E-state index in [1.54, 1.807) is 0 Å². The van der Waals surface area contributed by atoms with E-state index in [2.05, 4.69) is 50.0 Å². The lowest BCUT2D eigenvalue weighted by Crippen LogP contribution is -2.10. The number of benzene rings is 2. The average Bonchev–Trinajstić information content (AvgIpc) is 2.52. The second-order valence-corrected chi connectivity index (χ2v) is 6.56. The molecule has 0 radical (unpaired) electrons. The topological polar surface area (TPSA) is 22.1 Å². The van der Waals surface area contributed by atoms with Crippen LogP contribution in [0.15, 0.2) is 60.7 Å². The quantitative estimate of drug-likeness (QED) is 0.669. The molecule has 0 saturated carbocycles. The minimum Gasteiger partial charge on any atom is -0.487 e. The van der Waals surface area contributed by atoms with Gasteiger partial charge in [0.05, 0.1) is 11.2 Å². The maximum Gasteiger partial charge on any atom is 0.130 e. The van der Waals surface area contributed by atoms with E-state index in [-0.39, 0.29) is 5.41 Å². The third kappa shape index (κ3) is 3.28. The summed E-state index contributed by atoms with van der Waals surface area (Å²) in [6.45, 7) is 7.12. The molecule has 0 spiro atoms. The Hall–Kier alpha value is -2.35. The number of pyridine rings is 1. The van der Waals surface area contributed by atoms with Crippen molar-refractivity contribution in [3.05, 3.63) is 71.9 Å². The summed E-state index contributed by atoms with van der Waals surface area (Å²) < 4.78 is 5.85. The van der Waals surface area contributed by atoms with Crippen molar-refractivity contribution in [2.75, 3.05) is 0 Å². The molecule has 3 rings (SSSR count). The monoisotopic (exact) mass is 291 g/mol. The molecule has 2 nitrogen and oxygen atoms in total. The smallest absolute Gasteiger partial charge is 0.130 e. The number of aromatic nitrogens is 1. The van der Waals surface area contributed by atoms with Gasteiger partial charge >= 0.3 is 0 Å². The van der Waals surface area contributed by atoms with Crippen molar-refractivity contribution in [3.8, 4) is 5.75 Å². The van der Waals surface area contributed by atoms with Gasteiger partial charge in [-0.15, -0.1) is 0 Å². The average molecular weight is 291 g/mol. The highest BCUT2D eigenvalue weighted by atomic mass is 16.5. The Balaban J connectivity index is 1.71. The molecule has 0 unspecified atom stereocenters. The van der Waals surface area contributed by atoms with Gasteiger partial charge in [0, 0.05) is 5.39 Å². The lowest BCUT2D eigenvalue weighted by molar-refractivity contribution is 0.301. The first-order valence-corrected chi connectivity index (χ1v) is 7.60. The Bertz CT molecular complexity index is 770.